The van der Waals surface area contributed by atoms with Crippen molar-refractivity contribution in [3.8, 4) is 11.5 Å². The van der Waals surface area contributed by atoms with Gasteiger partial charge in [-0.25, -0.2) is 0 Å². The van der Waals surface area contributed by atoms with Crippen LogP contribution in [0, 0.1) is 0 Å². The fraction of sp³-hybridized carbons (Fsp3) is 0.400. The number of alkyl halides is 3. The van der Waals surface area contributed by atoms with Gasteiger partial charge < -0.3 is 19.5 Å². The first-order valence-corrected chi connectivity index (χ1v) is 6.72. The standard InChI is InChI=1S/C15H18F3NO4/c1-3-7-23-12-5-4-11(9-13(12)21-2)14(20)19-6-8-22-10-15(16,17)18/h3-5,9H,1,6-8,10H2,2H3,(H,19,20). The Hall–Kier alpha value is -2.22. The normalized spacial score (nSPS) is 11.0. The minimum atomic E-state index is -4.38. The molecular formula is C15H18F3NO4. The molecule has 0 bridgehead atoms. The molecule has 0 fully saturated rings. The summed E-state index contributed by atoms with van der Waals surface area (Å²) in [4.78, 5) is 11.9. The average molecular weight is 333 g/mol. The Morgan fingerprint density at radius 2 is 2.09 bits per heavy atom. The molecule has 0 saturated carbocycles. The van der Waals surface area contributed by atoms with E-state index in [1.807, 2.05) is 0 Å². The molecule has 1 rings (SSSR count). The topological polar surface area (TPSA) is 56.8 Å². The summed E-state index contributed by atoms with van der Waals surface area (Å²) in [6, 6.07) is 4.56. The summed E-state index contributed by atoms with van der Waals surface area (Å²) in [5.41, 5.74) is 0.295. The van der Waals surface area contributed by atoms with Gasteiger partial charge in [0.05, 0.1) is 13.7 Å². The Balaban J connectivity index is 2.51. The van der Waals surface area contributed by atoms with Crippen molar-refractivity contribution in [1.82, 2.24) is 5.32 Å². The largest absolute Gasteiger partial charge is 0.493 e. The molecule has 8 heteroatoms. The number of ether oxygens (including phenoxy) is 3. The highest BCUT2D eigenvalue weighted by atomic mass is 19.4. The van der Waals surface area contributed by atoms with Crippen LogP contribution in [0.25, 0.3) is 0 Å². The predicted molar refractivity (Wildman–Crippen MR) is 77.9 cm³/mol. The molecule has 0 aliphatic carbocycles. The van der Waals surface area contributed by atoms with Crippen LogP contribution in [0.1, 0.15) is 10.4 Å². The van der Waals surface area contributed by atoms with Crippen LogP contribution >= 0.6 is 0 Å². The highest BCUT2D eigenvalue weighted by Gasteiger charge is 2.27. The SMILES string of the molecule is C=CCOc1ccc(C(=O)NCCOCC(F)(F)F)cc1OC. The van der Waals surface area contributed by atoms with E-state index in [9.17, 15) is 18.0 Å². The predicted octanol–water partition coefficient (Wildman–Crippen LogP) is 2.57. The molecule has 0 unspecified atom stereocenters. The van der Waals surface area contributed by atoms with Gasteiger partial charge in [-0.1, -0.05) is 12.7 Å². The molecule has 0 radical (unpaired) electrons. The quantitative estimate of drug-likeness (QED) is 0.557. The lowest BCUT2D eigenvalue weighted by atomic mass is 10.2. The third-order valence-electron chi connectivity index (χ3n) is 2.58. The number of methoxy groups -OCH3 is 1. The fourth-order valence-corrected chi connectivity index (χ4v) is 1.60. The molecule has 1 amide bonds. The zero-order chi connectivity index (χ0) is 17.3. The third-order valence-corrected chi connectivity index (χ3v) is 2.58. The Kier molecular flexibility index (Phi) is 7.40. The van der Waals surface area contributed by atoms with Gasteiger partial charge in [-0.2, -0.15) is 13.2 Å². The van der Waals surface area contributed by atoms with Crippen molar-refractivity contribution in [3.05, 3.63) is 36.4 Å². The van der Waals surface area contributed by atoms with Crippen LogP contribution in [0.15, 0.2) is 30.9 Å². The van der Waals surface area contributed by atoms with E-state index >= 15 is 0 Å². The summed E-state index contributed by atoms with van der Waals surface area (Å²) in [7, 11) is 1.43. The first-order valence-electron chi connectivity index (χ1n) is 6.72. The minimum absolute atomic E-state index is 0.0358. The van der Waals surface area contributed by atoms with E-state index in [4.69, 9.17) is 9.47 Å². The number of halogens is 3. The second-order valence-corrected chi connectivity index (χ2v) is 4.39. The molecule has 0 atom stereocenters. The maximum atomic E-state index is 11.9. The lowest BCUT2D eigenvalue weighted by molar-refractivity contribution is -0.173. The second-order valence-electron chi connectivity index (χ2n) is 4.39. The van der Waals surface area contributed by atoms with Crippen LogP contribution in [0.5, 0.6) is 11.5 Å². The van der Waals surface area contributed by atoms with Gasteiger partial charge in [0, 0.05) is 12.1 Å². The number of rotatable bonds is 9. The van der Waals surface area contributed by atoms with Crippen LogP contribution in [-0.4, -0.2) is 45.6 Å². The van der Waals surface area contributed by atoms with Gasteiger partial charge in [0.25, 0.3) is 5.91 Å². The van der Waals surface area contributed by atoms with Crippen LogP contribution < -0.4 is 14.8 Å². The Bertz CT molecular complexity index is 532. The van der Waals surface area contributed by atoms with E-state index in [0.717, 1.165) is 0 Å². The van der Waals surface area contributed by atoms with E-state index in [2.05, 4.69) is 16.6 Å². The van der Waals surface area contributed by atoms with E-state index in [-0.39, 0.29) is 13.2 Å². The summed E-state index contributed by atoms with van der Waals surface area (Å²) in [5, 5.41) is 2.46. The summed E-state index contributed by atoms with van der Waals surface area (Å²) < 4.78 is 50.5. The Labute approximate surface area is 132 Å². The van der Waals surface area contributed by atoms with Gasteiger partial charge in [-0.05, 0) is 18.2 Å². The number of benzene rings is 1. The molecule has 5 nitrogen and oxygen atoms in total. The molecule has 0 aromatic heterocycles. The van der Waals surface area contributed by atoms with Gasteiger partial charge in [0.15, 0.2) is 11.5 Å². The summed E-state index contributed by atoms with van der Waals surface area (Å²) in [5.74, 6) is 0.375. The van der Waals surface area contributed by atoms with Gasteiger partial charge in [-0.15, -0.1) is 0 Å². The Morgan fingerprint density at radius 3 is 2.70 bits per heavy atom. The van der Waals surface area contributed by atoms with E-state index in [0.29, 0.717) is 23.7 Å². The van der Waals surface area contributed by atoms with Crippen LogP contribution in [0.3, 0.4) is 0 Å². The van der Waals surface area contributed by atoms with Crippen molar-refractivity contribution >= 4 is 5.91 Å². The van der Waals surface area contributed by atoms with Gasteiger partial charge in [0.1, 0.15) is 13.2 Å². The molecule has 0 aliphatic heterocycles. The molecule has 1 aromatic rings. The maximum Gasteiger partial charge on any atom is 0.411 e. The number of carbonyl (C=O) groups is 1. The number of hydrogen-bond donors (Lipinski definition) is 1. The summed E-state index contributed by atoms with van der Waals surface area (Å²) >= 11 is 0. The fourth-order valence-electron chi connectivity index (χ4n) is 1.60. The maximum absolute atomic E-state index is 11.9. The zero-order valence-electron chi connectivity index (χ0n) is 12.6. The number of amides is 1. The van der Waals surface area contributed by atoms with Crippen molar-refractivity contribution in [2.45, 2.75) is 6.18 Å². The molecule has 0 spiro atoms. The Morgan fingerprint density at radius 1 is 1.35 bits per heavy atom. The lowest BCUT2D eigenvalue weighted by Crippen LogP contribution is -2.28. The lowest BCUT2D eigenvalue weighted by Gasteiger charge is -2.11. The van der Waals surface area contributed by atoms with Crippen LogP contribution in [-0.2, 0) is 4.74 Å². The minimum Gasteiger partial charge on any atom is -0.493 e. The molecule has 0 aliphatic rings. The van der Waals surface area contributed by atoms with Crippen molar-refractivity contribution in [1.29, 1.82) is 0 Å². The van der Waals surface area contributed by atoms with Crippen LogP contribution in [0.2, 0.25) is 0 Å². The summed E-state index contributed by atoms with van der Waals surface area (Å²) in [6.07, 6.45) is -2.81. The molecule has 128 valence electrons. The van der Waals surface area contributed by atoms with Gasteiger partial charge in [0.2, 0.25) is 0 Å². The van der Waals surface area contributed by atoms with Crippen molar-refractivity contribution < 1.29 is 32.2 Å². The second kappa shape index (κ2) is 9.04. The summed E-state index contributed by atoms with van der Waals surface area (Å²) in [6.45, 7) is 2.21. The molecular weight excluding hydrogens is 315 g/mol. The molecule has 0 heterocycles. The molecule has 23 heavy (non-hydrogen) atoms. The molecule has 1 aromatic carbocycles. The first kappa shape index (κ1) is 18.8. The van der Waals surface area contributed by atoms with E-state index < -0.39 is 18.7 Å². The van der Waals surface area contributed by atoms with Gasteiger partial charge >= 0.3 is 6.18 Å². The van der Waals surface area contributed by atoms with Crippen molar-refractivity contribution in [2.75, 3.05) is 33.5 Å². The van der Waals surface area contributed by atoms with E-state index in [1.54, 1.807) is 12.1 Å². The highest BCUT2D eigenvalue weighted by molar-refractivity contribution is 5.94. The molecule has 0 saturated heterocycles. The van der Waals surface area contributed by atoms with Crippen molar-refractivity contribution in [2.24, 2.45) is 0 Å². The van der Waals surface area contributed by atoms with E-state index in [1.165, 1.54) is 19.2 Å². The number of nitrogens with one attached hydrogen (secondary N) is 1. The third kappa shape index (κ3) is 7.05. The number of hydrogen-bond acceptors (Lipinski definition) is 4. The van der Waals surface area contributed by atoms with Crippen LogP contribution in [0.4, 0.5) is 13.2 Å². The van der Waals surface area contributed by atoms with Gasteiger partial charge in [-0.3, -0.25) is 4.79 Å². The highest BCUT2D eigenvalue weighted by Crippen LogP contribution is 2.28. The smallest absolute Gasteiger partial charge is 0.411 e. The first-order chi connectivity index (χ1) is 10.9. The zero-order valence-corrected chi connectivity index (χ0v) is 12.6. The molecule has 1 N–H and O–H groups in total. The monoisotopic (exact) mass is 333 g/mol. The van der Waals surface area contributed by atoms with Crippen molar-refractivity contribution in [3.63, 3.8) is 0 Å². The average Bonchev–Trinajstić information content (AvgIpc) is 2.51. The number of carbonyl (C=O) groups excluding carboxylic acids is 1.